The summed E-state index contributed by atoms with van der Waals surface area (Å²) in [5, 5.41) is 0.755. The SMILES string of the molecule is CCO[Si](OC)(OC)c1ccc(-c2cccc(C(F)(F)F)c2)cc1. The Morgan fingerprint density at radius 1 is 0.917 bits per heavy atom. The van der Waals surface area contributed by atoms with Gasteiger partial charge in [0.05, 0.1) is 5.56 Å². The van der Waals surface area contributed by atoms with Crippen LogP contribution in [0.5, 0.6) is 0 Å². The van der Waals surface area contributed by atoms with Crippen molar-refractivity contribution in [2.24, 2.45) is 0 Å². The summed E-state index contributed by atoms with van der Waals surface area (Å²) >= 11 is 0. The molecule has 24 heavy (non-hydrogen) atoms. The van der Waals surface area contributed by atoms with E-state index >= 15 is 0 Å². The zero-order valence-electron chi connectivity index (χ0n) is 13.7. The molecule has 3 nitrogen and oxygen atoms in total. The van der Waals surface area contributed by atoms with Gasteiger partial charge >= 0.3 is 15.0 Å². The Morgan fingerprint density at radius 2 is 1.54 bits per heavy atom. The quantitative estimate of drug-likeness (QED) is 0.736. The Labute approximate surface area is 140 Å². The van der Waals surface area contributed by atoms with Gasteiger partial charge in [0.15, 0.2) is 0 Å². The van der Waals surface area contributed by atoms with Crippen molar-refractivity contribution in [3.63, 3.8) is 0 Å². The highest BCUT2D eigenvalue weighted by molar-refractivity contribution is 6.75. The van der Waals surface area contributed by atoms with E-state index < -0.39 is 20.5 Å². The number of hydrogen-bond donors (Lipinski definition) is 0. The van der Waals surface area contributed by atoms with E-state index in [4.69, 9.17) is 13.3 Å². The van der Waals surface area contributed by atoms with Crippen LogP contribution in [0, 0.1) is 0 Å². The second kappa shape index (κ2) is 7.48. The second-order valence-electron chi connectivity index (χ2n) is 5.05. The number of alkyl halides is 3. The van der Waals surface area contributed by atoms with Crippen LogP contribution in [0.3, 0.4) is 0 Å². The minimum absolute atomic E-state index is 0.434. The molecule has 0 atom stereocenters. The Balaban J connectivity index is 2.36. The lowest BCUT2D eigenvalue weighted by Crippen LogP contribution is -2.55. The lowest BCUT2D eigenvalue weighted by atomic mass is 10.0. The number of rotatable bonds is 6. The van der Waals surface area contributed by atoms with Crippen molar-refractivity contribution < 1.29 is 26.4 Å². The van der Waals surface area contributed by atoms with E-state index in [1.165, 1.54) is 20.3 Å². The molecule has 0 spiro atoms. The molecule has 0 aromatic heterocycles. The Bertz CT molecular complexity index is 668. The maximum absolute atomic E-state index is 12.8. The minimum Gasteiger partial charge on any atom is -0.373 e. The number of benzene rings is 2. The molecule has 0 unspecified atom stereocenters. The first-order chi connectivity index (χ1) is 11.4. The standard InChI is InChI=1S/C17H19F3O3Si/c1-4-23-24(21-2,22-3)16-10-8-13(9-11-16)14-6-5-7-15(12-14)17(18,19)20/h5-12H,4H2,1-3H3. The van der Waals surface area contributed by atoms with Crippen LogP contribution in [-0.4, -0.2) is 29.6 Å². The summed E-state index contributed by atoms with van der Waals surface area (Å²) in [6.07, 6.45) is -4.36. The molecule has 7 heteroatoms. The summed E-state index contributed by atoms with van der Waals surface area (Å²) in [5.41, 5.74) is 0.502. The average Bonchev–Trinajstić information content (AvgIpc) is 2.59. The van der Waals surface area contributed by atoms with Crippen LogP contribution < -0.4 is 5.19 Å². The van der Waals surface area contributed by atoms with E-state index in [0.717, 1.165) is 17.3 Å². The van der Waals surface area contributed by atoms with Gasteiger partial charge in [-0.2, -0.15) is 13.2 Å². The Hall–Kier alpha value is -1.67. The maximum atomic E-state index is 12.8. The maximum Gasteiger partial charge on any atom is 0.536 e. The molecule has 0 radical (unpaired) electrons. The molecule has 0 aliphatic rings. The smallest absolute Gasteiger partial charge is 0.373 e. The molecule has 0 saturated carbocycles. The first kappa shape index (κ1) is 18.7. The van der Waals surface area contributed by atoms with E-state index in [0.29, 0.717) is 17.7 Å². The Kier molecular flexibility index (Phi) is 5.82. The number of hydrogen-bond acceptors (Lipinski definition) is 3. The van der Waals surface area contributed by atoms with Gasteiger partial charge in [0.25, 0.3) is 0 Å². The summed E-state index contributed by atoms with van der Waals surface area (Å²) < 4.78 is 55.1. The van der Waals surface area contributed by atoms with Crippen molar-refractivity contribution in [3.8, 4) is 11.1 Å². The predicted molar refractivity (Wildman–Crippen MR) is 87.9 cm³/mol. The third kappa shape index (κ3) is 3.86. The molecule has 0 bridgehead atoms. The zero-order valence-corrected chi connectivity index (χ0v) is 14.7. The summed E-state index contributed by atoms with van der Waals surface area (Å²) in [5.74, 6) is 0. The lowest BCUT2D eigenvalue weighted by molar-refractivity contribution is -0.137. The van der Waals surface area contributed by atoms with Gasteiger partial charge in [0.1, 0.15) is 0 Å². The highest BCUT2D eigenvalue weighted by atomic mass is 28.4. The fraction of sp³-hybridized carbons (Fsp3) is 0.294. The molecule has 0 saturated heterocycles. The molecule has 0 fully saturated rings. The largest absolute Gasteiger partial charge is 0.536 e. The molecule has 2 rings (SSSR count). The zero-order chi connectivity index (χ0) is 17.8. The van der Waals surface area contributed by atoms with E-state index in [2.05, 4.69) is 0 Å². The summed E-state index contributed by atoms with van der Waals surface area (Å²) in [6, 6.07) is 12.2. The first-order valence-electron chi connectivity index (χ1n) is 7.38. The van der Waals surface area contributed by atoms with Crippen LogP contribution in [0.4, 0.5) is 13.2 Å². The van der Waals surface area contributed by atoms with Crippen molar-refractivity contribution in [3.05, 3.63) is 54.1 Å². The highest BCUT2D eigenvalue weighted by Gasteiger charge is 2.41. The van der Waals surface area contributed by atoms with Crippen molar-refractivity contribution in [2.75, 3.05) is 20.8 Å². The summed E-state index contributed by atoms with van der Waals surface area (Å²) in [4.78, 5) is 0. The highest BCUT2D eigenvalue weighted by Crippen LogP contribution is 2.32. The minimum atomic E-state index is -4.36. The van der Waals surface area contributed by atoms with Crippen molar-refractivity contribution >= 4 is 14.0 Å². The summed E-state index contributed by atoms with van der Waals surface area (Å²) in [6.45, 7) is 2.28. The molecular formula is C17H19F3O3Si. The molecule has 0 amide bonds. The van der Waals surface area contributed by atoms with Crippen LogP contribution in [-0.2, 0) is 19.5 Å². The third-order valence-corrected chi connectivity index (χ3v) is 6.42. The molecule has 130 valence electrons. The van der Waals surface area contributed by atoms with Gasteiger partial charge in [-0.15, -0.1) is 0 Å². The van der Waals surface area contributed by atoms with E-state index in [1.54, 1.807) is 30.3 Å². The average molecular weight is 356 g/mol. The summed E-state index contributed by atoms with van der Waals surface area (Å²) in [7, 11) is 0.0756. The fourth-order valence-corrected chi connectivity index (χ4v) is 4.45. The van der Waals surface area contributed by atoms with Crippen LogP contribution >= 0.6 is 0 Å². The van der Waals surface area contributed by atoms with Gasteiger partial charge in [-0.1, -0.05) is 36.4 Å². The van der Waals surface area contributed by atoms with E-state index in [1.807, 2.05) is 6.92 Å². The van der Waals surface area contributed by atoms with Crippen LogP contribution in [0.2, 0.25) is 0 Å². The monoisotopic (exact) mass is 356 g/mol. The molecule has 0 aliphatic carbocycles. The van der Waals surface area contributed by atoms with Crippen LogP contribution in [0.15, 0.2) is 48.5 Å². The predicted octanol–water partition coefficient (Wildman–Crippen LogP) is 3.85. The van der Waals surface area contributed by atoms with Crippen LogP contribution in [0.1, 0.15) is 12.5 Å². The van der Waals surface area contributed by atoms with Gasteiger partial charge in [0, 0.05) is 26.0 Å². The topological polar surface area (TPSA) is 27.7 Å². The van der Waals surface area contributed by atoms with E-state index in [9.17, 15) is 13.2 Å². The molecule has 0 heterocycles. The molecule has 0 aliphatic heterocycles. The van der Waals surface area contributed by atoms with Gasteiger partial charge in [-0.25, -0.2) is 0 Å². The van der Waals surface area contributed by atoms with E-state index in [-0.39, 0.29) is 0 Å². The second-order valence-corrected chi connectivity index (χ2v) is 7.85. The van der Waals surface area contributed by atoms with Gasteiger partial charge in [-0.3, -0.25) is 0 Å². The van der Waals surface area contributed by atoms with Gasteiger partial charge in [0.2, 0.25) is 0 Å². The van der Waals surface area contributed by atoms with Crippen molar-refractivity contribution in [1.82, 2.24) is 0 Å². The van der Waals surface area contributed by atoms with Crippen molar-refractivity contribution in [1.29, 1.82) is 0 Å². The first-order valence-corrected chi connectivity index (χ1v) is 9.11. The normalized spacial score (nSPS) is 12.4. The van der Waals surface area contributed by atoms with Crippen LogP contribution in [0.25, 0.3) is 11.1 Å². The molecule has 0 N–H and O–H groups in total. The third-order valence-electron chi connectivity index (χ3n) is 3.63. The van der Waals surface area contributed by atoms with Gasteiger partial charge < -0.3 is 13.3 Å². The lowest BCUT2D eigenvalue weighted by Gasteiger charge is -2.26. The molecule has 2 aromatic rings. The van der Waals surface area contributed by atoms with Crippen molar-refractivity contribution in [2.45, 2.75) is 13.1 Å². The fourth-order valence-electron chi connectivity index (χ4n) is 2.45. The molecular weight excluding hydrogens is 337 g/mol. The van der Waals surface area contributed by atoms with Gasteiger partial charge in [-0.05, 0) is 30.2 Å². The Morgan fingerprint density at radius 3 is 2.04 bits per heavy atom. The molecule has 2 aromatic carbocycles. The number of halogens is 3.